The quantitative estimate of drug-likeness (QED) is 0.883. The van der Waals surface area contributed by atoms with Crippen LogP contribution in [0.2, 0.25) is 0 Å². The molecule has 1 saturated heterocycles. The summed E-state index contributed by atoms with van der Waals surface area (Å²) in [7, 11) is 0. The van der Waals surface area contributed by atoms with E-state index in [0.29, 0.717) is 17.9 Å². The van der Waals surface area contributed by atoms with Crippen LogP contribution in [-0.4, -0.2) is 29.4 Å². The lowest BCUT2D eigenvalue weighted by atomic mass is 9.84. The van der Waals surface area contributed by atoms with Gasteiger partial charge in [-0.05, 0) is 75.1 Å². The Labute approximate surface area is 151 Å². The summed E-state index contributed by atoms with van der Waals surface area (Å²) < 4.78 is 0. The summed E-state index contributed by atoms with van der Waals surface area (Å²) in [4.78, 5) is 15.2. The summed E-state index contributed by atoms with van der Waals surface area (Å²) in [6, 6.07) is 9.11. The number of piperidine rings is 1. The fourth-order valence-electron chi connectivity index (χ4n) is 5.27. The van der Waals surface area contributed by atoms with Crippen molar-refractivity contribution in [2.75, 3.05) is 11.9 Å². The average Bonchev–Trinajstić information content (AvgIpc) is 3.19. The molecule has 3 fully saturated rings. The molecule has 2 aliphatic carbocycles. The van der Waals surface area contributed by atoms with Gasteiger partial charge in [0.25, 0.3) is 0 Å². The van der Waals surface area contributed by atoms with Crippen molar-refractivity contribution in [3.63, 3.8) is 0 Å². The highest BCUT2D eigenvalue weighted by Gasteiger charge is 2.49. The van der Waals surface area contributed by atoms with Gasteiger partial charge in [-0.25, -0.2) is 0 Å². The summed E-state index contributed by atoms with van der Waals surface area (Å²) >= 11 is 0. The van der Waals surface area contributed by atoms with Crippen molar-refractivity contribution < 1.29 is 4.79 Å². The average molecular weight is 341 g/mol. The second-order valence-electron chi connectivity index (χ2n) is 8.44. The van der Waals surface area contributed by atoms with Crippen LogP contribution in [0.4, 0.5) is 5.69 Å². The van der Waals surface area contributed by atoms with Crippen LogP contribution in [0.25, 0.3) is 0 Å². The zero-order valence-electron chi connectivity index (χ0n) is 15.3. The molecule has 4 rings (SSSR count). The first-order valence-corrected chi connectivity index (χ1v) is 10.0. The van der Waals surface area contributed by atoms with Gasteiger partial charge in [0.1, 0.15) is 0 Å². The lowest BCUT2D eigenvalue weighted by molar-refractivity contribution is -0.121. The number of anilines is 1. The van der Waals surface area contributed by atoms with E-state index in [4.69, 9.17) is 5.73 Å². The Bertz CT molecular complexity index is 612. The van der Waals surface area contributed by atoms with Gasteiger partial charge in [0.05, 0.1) is 5.92 Å². The van der Waals surface area contributed by atoms with Gasteiger partial charge < -0.3 is 11.1 Å². The Hall–Kier alpha value is -1.39. The molecule has 1 amide bonds. The molecule has 3 aliphatic rings. The Morgan fingerprint density at radius 1 is 1.16 bits per heavy atom. The number of benzene rings is 1. The van der Waals surface area contributed by atoms with E-state index in [2.05, 4.69) is 29.3 Å². The van der Waals surface area contributed by atoms with Gasteiger partial charge in [-0.15, -0.1) is 0 Å². The normalized spacial score (nSPS) is 35.0. The van der Waals surface area contributed by atoms with E-state index in [9.17, 15) is 4.79 Å². The molecule has 5 unspecified atom stereocenters. The van der Waals surface area contributed by atoms with Gasteiger partial charge in [0, 0.05) is 24.3 Å². The van der Waals surface area contributed by atoms with Crippen molar-refractivity contribution in [3.05, 3.63) is 29.8 Å². The third-order valence-corrected chi connectivity index (χ3v) is 6.83. The highest BCUT2D eigenvalue weighted by molar-refractivity contribution is 5.93. The molecule has 25 heavy (non-hydrogen) atoms. The molecule has 1 heterocycles. The molecule has 4 nitrogen and oxygen atoms in total. The number of rotatable bonds is 4. The highest BCUT2D eigenvalue weighted by atomic mass is 16.2. The number of amides is 1. The van der Waals surface area contributed by atoms with Crippen molar-refractivity contribution in [1.82, 2.24) is 4.90 Å². The Morgan fingerprint density at radius 2 is 1.92 bits per heavy atom. The molecule has 3 N–H and O–H groups in total. The highest BCUT2D eigenvalue weighted by Crippen LogP contribution is 2.47. The number of nitrogens with zero attached hydrogens (tertiary/aromatic N) is 1. The minimum Gasteiger partial charge on any atom is -0.327 e. The van der Waals surface area contributed by atoms with Gasteiger partial charge in [-0.3, -0.25) is 9.69 Å². The molecule has 0 radical (unpaired) electrons. The number of nitrogens with two attached hydrogens (primary N) is 1. The minimum absolute atomic E-state index is 0.00706. The maximum Gasteiger partial charge on any atom is 0.229 e. The van der Waals surface area contributed by atoms with Crippen LogP contribution in [0.3, 0.4) is 0 Å². The summed E-state index contributed by atoms with van der Waals surface area (Å²) in [5, 5.41) is 3.11. The zero-order valence-corrected chi connectivity index (χ0v) is 15.3. The van der Waals surface area contributed by atoms with Crippen LogP contribution >= 0.6 is 0 Å². The molecule has 2 bridgehead atoms. The first kappa shape index (κ1) is 17.0. The number of hydrogen-bond donors (Lipinski definition) is 2. The topological polar surface area (TPSA) is 58.4 Å². The van der Waals surface area contributed by atoms with Crippen LogP contribution in [0.15, 0.2) is 24.3 Å². The number of likely N-dealkylation sites (tertiary alicyclic amines) is 1. The second-order valence-corrected chi connectivity index (χ2v) is 8.44. The molecular formula is C21H31N3O. The Morgan fingerprint density at radius 3 is 2.60 bits per heavy atom. The van der Waals surface area contributed by atoms with E-state index in [1.54, 1.807) is 0 Å². The smallest absolute Gasteiger partial charge is 0.229 e. The maximum absolute atomic E-state index is 12.7. The van der Waals surface area contributed by atoms with E-state index in [0.717, 1.165) is 18.7 Å². The Kier molecular flexibility index (Phi) is 4.83. The fraction of sp³-hybridized carbons (Fsp3) is 0.667. The molecule has 0 aromatic heterocycles. The van der Waals surface area contributed by atoms with E-state index in [-0.39, 0.29) is 17.9 Å². The van der Waals surface area contributed by atoms with Crippen LogP contribution in [0.1, 0.15) is 51.0 Å². The van der Waals surface area contributed by atoms with E-state index in [1.165, 1.54) is 44.2 Å². The molecule has 1 aromatic carbocycles. The van der Waals surface area contributed by atoms with Gasteiger partial charge in [-0.1, -0.05) is 18.6 Å². The SMILES string of the molecule is CC1CCCCN1Cc1ccc(NC(=O)C2C3CCC(C3)C2N)cc1. The molecule has 0 spiro atoms. The van der Waals surface area contributed by atoms with Crippen LogP contribution in [0.5, 0.6) is 0 Å². The molecule has 1 aromatic rings. The fourth-order valence-corrected chi connectivity index (χ4v) is 5.27. The van der Waals surface area contributed by atoms with Crippen molar-refractivity contribution in [2.45, 2.75) is 64.1 Å². The predicted octanol–water partition coefficient (Wildman–Crippen LogP) is 3.37. The molecular weight excluding hydrogens is 310 g/mol. The van der Waals surface area contributed by atoms with E-state index < -0.39 is 0 Å². The molecule has 5 atom stereocenters. The molecule has 1 aliphatic heterocycles. The first-order chi connectivity index (χ1) is 12.1. The number of carbonyl (C=O) groups excluding carboxylic acids is 1. The molecule has 2 saturated carbocycles. The number of fused-ring (bicyclic) bond motifs is 2. The third kappa shape index (κ3) is 3.47. The number of carbonyl (C=O) groups is 1. The Balaban J connectivity index is 1.35. The minimum atomic E-state index is 0.00706. The first-order valence-electron chi connectivity index (χ1n) is 10.0. The summed E-state index contributed by atoms with van der Waals surface area (Å²) in [5.74, 6) is 1.19. The monoisotopic (exact) mass is 341 g/mol. The van der Waals surface area contributed by atoms with Gasteiger partial charge in [-0.2, -0.15) is 0 Å². The van der Waals surface area contributed by atoms with Crippen LogP contribution in [0, 0.1) is 17.8 Å². The molecule has 4 heteroatoms. The largest absolute Gasteiger partial charge is 0.327 e. The van der Waals surface area contributed by atoms with Crippen LogP contribution < -0.4 is 11.1 Å². The van der Waals surface area contributed by atoms with Crippen LogP contribution in [-0.2, 0) is 11.3 Å². The van der Waals surface area contributed by atoms with Crippen molar-refractivity contribution in [2.24, 2.45) is 23.5 Å². The summed E-state index contributed by atoms with van der Waals surface area (Å²) in [5.41, 5.74) is 8.51. The van der Waals surface area contributed by atoms with Gasteiger partial charge in [0.2, 0.25) is 5.91 Å². The predicted molar refractivity (Wildman–Crippen MR) is 101 cm³/mol. The summed E-state index contributed by atoms with van der Waals surface area (Å²) in [6.07, 6.45) is 7.49. The van der Waals surface area contributed by atoms with Crippen molar-refractivity contribution in [1.29, 1.82) is 0 Å². The number of hydrogen-bond acceptors (Lipinski definition) is 3. The zero-order chi connectivity index (χ0) is 17.4. The number of nitrogens with one attached hydrogen (secondary N) is 1. The third-order valence-electron chi connectivity index (χ3n) is 6.83. The van der Waals surface area contributed by atoms with E-state index >= 15 is 0 Å². The van der Waals surface area contributed by atoms with Crippen molar-refractivity contribution in [3.8, 4) is 0 Å². The standard InChI is InChI=1S/C21H31N3O/c1-14-4-2-3-11-24(14)13-15-5-9-18(10-6-15)23-21(25)19-16-7-8-17(12-16)20(19)22/h5-6,9-10,14,16-17,19-20H,2-4,7-8,11-13,22H2,1H3,(H,23,25). The van der Waals surface area contributed by atoms with Gasteiger partial charge in [0.15, 0.2) is 0 Å². The molecule has 136 valence electrons. The maximum atomic E-state index is 12.7. The second kappa shape index (κ2) is 7.08. The lowest BCUT2D eigenvalue weighted by Crippen LogP contribution is -2.42. The summed E-state index contributed by atoms with van der Waals surface area (Å²) in [6.45, 7) is 4.53. The van der Waals surface area contributed by atoms with Crippen molar-refractivity contribution >= 4 is 11.6 Å². The van der Waals surface area contributed by atoms with Gasteiger partial charge >= 0.3 is 0 Å². The van der Waals surface area contributed by atoms with E-state index in [1.807, 2.05) is 12.1 Å². The lowest BCUT2D eigenvalue weighted by Gasteiger charge is -2.33.